The van der Waals surface area contributed by atoms with Crippen molar-refractivity contribution in [3.8, 4) is 16.9 Å². The Morgan fingerprint density at radius 2 is 1.83 bits per heavy atom. The molecule has 276 valence electrons. The van der Waals surface area contributed by atoms with Gasteiger partial charge in [0.15, 0.2) is 0 Å². The van der Waals surface area contributed by atoms with E-state index in [0.717, 1.165) is 21.7 Å². The molecule has 1 aliphatic rings. The molecule has 8 rings (SSSR count). The number of carbonyl (C=O) groups excluding carboxylic acids is 1. The van der Waals surface area contributed by atoms with Crippen LogP contribution in [0.4, 0.5) is 4.39 Å². The van der Waals surface area contributed by atoms with E-state index in [9.17, 15) is 19.1 Å². The molecule has 54 heavy (non-hydrogen) atoms. The molecule has 0 saturated heterocycles. The van der Waals surface area contributed by atoms with Crippen LogP contribution in [0.1, 0.15) is 55.9 Å². The minimum Gasteiger partial charge on any atom is -0.493 e. The number of fused-ring (bicyclic) bond motifs is 8. The van der Waals surface area contributed by atoms with Crippen LogP contribution in [0.3, 0.4) is 0 Å². The summed E-state index contributed by atoms with van der Waals surface area (Å²) in [6, 6.07) is 14.0. The van der Waals surface area contributed by atoms with Crippen molar-refractivity contribution in [2.24, 2.45) is 14.1 Å². The van der Waals surface area contributed by atoms with Gasteiger partial charge in [0.05, 0.1) is 37.3 Å². The summed E-state index contributed by atoms with van der Waals surface area (Å²) in [5.74, 6) is -0.809. The van der Waals surface area contributed by atoms with Gasteiger partial charge in [-0.3, -0.25) is 14.2 Å². The van der Waals surface area contributed by atoms with Gasteiger partial charge in [0.2, 0.25) is 0 Å². The number of halogens is 2. The first-order valence-electron chi connectivity index (χ1n) is 17.3. The highest BCUT2D eigenvalue weighted by molar-refractivity contribution is 7.98. The number of amides is 1. The Balaban J connectivity index is 1.31. The normalized spacial score (nSPS) is 13.9. The second-order valence-corrected chi connectivity index (χ2v) is 14.8. The van der Waals surface area contributed by atoms with Crippen LogP contribution in [-0.4, -0.2) is 57.6 Å². The number of aryl methyl sites for hydroxylation is 4. The molecule has 1 N–H and O–H groups in total. The molecule has 0 saturated carbocycles. The molecule has 0 radical (unpaired) electrons. The van der Waals surface area contributed by atoms with E-state index < -0.39 is 11.9 Å². The van der Waals surface area contributed by atoms with Crippen LogP contribution in [0, 0.1) is 19.7 Å². The summed E-state index contributed by atoms with van der Waals surface area (Å²) in [5.41, 5.74) is 5.61. The number of benzene rings is 3. The molecule has 1 aliphatic heterocycles. The molecule has 8 bridgehead atoms. The van der Waals surface area contributed by atoms with E-state index in [4.69, 9.17) is 31.0 Å². The molecule has 15 heteroatoms. The summed E-state index contributed by atoms with van der Waals surface area (Å²) in [7, 11) is 3.67. The fraction of sp³-hybridized carbons (Fsp3) is 0.256. The third-order valence-electron chi connectivity index (χ3n) is 9.93. The van der Waals surface area contributed by atoms with Gasteiger partial charge in [-0.2, -0.15) is 10.2 Å². The van der Waals surface area contributed by atoms with Gasteiger partial charge >= 0.3 is 11.9 Å². The first-order chi connectivity index (χ1) is 26.0. The van der Waals surface area contributed by atoms with Gasteiger partial charge in [-0.25, -0.2) is 14.2 Å². The number of rotatable bonds is 2. The number of thioether (sulfide) groups is 1. The average molecular weight is 768 g/mol. The molecule has 3 aromatic carbocycles. The van der Waals surface area contributed by atoms with Gasteiger partial charge < -0.3 is 23.7 Å². The van der Waals surface area contributed by atoms with Crippen molar-refractivity contribution in [1.29, 1.82) is 0 Å². The van der Waals surface area contributed by atoms with Crippen molar-refractivity contribution in [3.63, 3.8) is 0 Å². The van der Waals surface area contributed by atoms with E-state index in [2.05, 4.69) is 4.98 Å². The quantitative estimate of drug-likeness (QED) is 0.186. The van der Waals surface area contributed by atoms with Crippen LogP contribution in [-0.2, 0) is 39.5 Å². The van der Waals surface area contributed by atoms with Gasteiger partial charge in [0.1, 0.15) is 23.5 Å². The van der Waals surface area contributed by atoms with Gasteiger partial charge in [-0.1, -0.05) is 11.6 Å². The highest BCUT2D eigenvalue weighted by Gasteiger charge is 2.30. The molecule has 0 fully saturated rings. The number of aromatic carboxylic acids is 1. The molecule has 0 aliphatic carbocycles. The summed E-state index contributed by atoms with van der Waals surface area (Å²) >= 11 is 8.60. The number of aromatic nitrogens is 6. The van der Waals surface area contributed by atoms with Crippen molar-refractivity contribution in [2.45, 2.75) is 50.6 Å². The van der Waals surface area contributed by atoms with E-state index in [1.54, 1.807) is 49.6 Å². The van der Waals surface area contributed by atoms with Crippen LogP contribution in [0.25, 0.3) is 32.8 Å². The predicted molar refractivity (Wildman–Crippen MR) is 202 cm³/mol. The number of carbonyl (C=O) groups is 2. The van der Waals surface area contributed by atoms with Crippen LogP contribution in [0.2, 0.25) is 5.02 Å². The zero-order valence-electron chi connectivity index (χ0n) is 29.9. The summed E-state index contributed by atoms with van der Waals surface area (Å²) in [6.07, 6.45) is 3.25. The van der Waals surface area contributed by atoms with Gasteiger partial charge in [-0.15, -0.1) is 11.8 Å². The Kier molecular flexibility index (Phi) is 9.18. The van der Waals surface area contributed by atoms with E-state index in [0.29, 0.717) is 73.9 Å². The maximum atomic E-state index is 14.4. The Hall–Kier alpha value is -5.60. The third kappa shape index (κ3) is 6.28. The topological polar surface area (TPSA) is 133 Å². The average Bonchev–Trinajstić information content (AvgIpc) is 3.91. The van der Waals surface area contributed by atoms with Crippen molar-refractivity contribution in [3.05, 3.63) is 112 Å². The highest BCUT2D eigenvalue weighted by Crippen LogP contribution is 2.43. The molecule has 0 atom stereocenters. The number of oxazole rings is 1. The SMILES string of the molecule is Cc1c(C(=O)O)n2c3ccc(Cl)c(c13)-c1c(nn(C)c1C)CN(C(=O)c1ncco1)Cc1cc(n(C)n1)CSc1cc(c3ccc(F)cc3c1)OCCC2. The molecule has 1 amide bonds. The number of nitrogens with zero attached hydrogens (tertiary/aromatic N) is 7. The van der Waals surface area contributed by atoms with E-state index in [-0.39, 0.29) is 37.1 Å². The summed E-state index contributed by atoms with van der Waals surface area (Å²) in [4.78, 5) is 33.5. The van der Waals surface area contributed by atoms with E-state index >= 15 is 0 Å². The number of hydrogen-bond donors (Lipinski definition) is 1. The van der Waals surface area contributed by atoms with E-state index in [1.165, 1.54) is 24.6 Å². The fourth-order valence-corrected chi connectivity index (χ4v) is 8.58. The number of ether oxygens (including phenoxy) is 1. The molecule has 5 heterocycles. The molecule has 12 nitrogen and oxygen atoms in total. The van der Waals surface area contributed by atoms with Crippen molar-refractivity contribution in [1.82, 2.24) is 34.0 Å². The Bertz CT molecular complexity index is 2610. The lowest BCUT2D eigenvalue weighted by Gasteiger charge is -2.20. The number of carboxylic acids is 1. The molecule has 0 spiro atoms. The van der Waals surface area contributed by atoms with Crippen molar-refractivity contribution in [2.75, 3.05) is 6.61 Å². The van der Waals surface area contributed by atoms with Crippen molar-refractivity contribution >= 4 is 56.9 Å². The summed E-state index contributed by atoms with van der Waals surface area (Å²) < 4.78 is 31.5. The minimum absolute atomic E-state index is 0.0465. The Morgan fingerprint density at radius 1 is 1.00 bits per heavy atom. The second-order valence-electron chi connectivity index (χ2n) is 13.3. The van der Waals surface area contributed by atoms with E-state index in [1.807, 2.05) is 45.3 Å². The van der Waals surface area contributed by atoms with Crippen LogP contribution < -0.4 is 4.74 Å². The molecule has 7 aromatic rings. The van der Waals surface area contributed by atoms with Crippen LogP contribution >= 0.6 is 23.4 Å². The maximum absolute atomic E-state index is 14.4. The lowest BCUT2D eigenvalue weighted by atomic mass is 9.96. The van der Waals surface area contributed by atoms with Crippen molar-refractivity contribution < 1.29 is 28.2 Å². The fourth-order valence-electron chi connectivity index (χ4n) is 7.35. The lowest BCUT2D eigenvalue weighted by Crippen LogP contribution is -2.31. The summed E-state index contributed by atoms with van der Waals surface area (Å²) in [6.45, 7) is 4.48. The lowest BCUT2D eigenvalue weighted by molar-refractivity contribution is 0.0676. The Labute approximate surface area is 318 Å². The predicted octanol–water partition coefficient (Wildman–Crippen LogP) is 7.94. The minimum atomic E-state index is -1.07. The maximum Gasteiger partial charge on any atom is 0.352 e. The van der Waals surface area contributed by atoms with Gasteiger partial charge in [0, 0.05) is 75.1 Å². The number of carboxylic acid groups (broad SMARTS) is 1. The zero-order chi connectivity index (χ0) is 37.8. The molecule has 4 aromatic heterocycles. The highest BCUT2D eigenvalue weighted by atomic mass is 35.5. The second kappa shape index (κ2) is 14.0. The molecular weight excluding hydrogens is 733 g/mol. The molecular formula is C39H35ClFN7O5S. The van der Waals surface area contributed by atoms with Crippen LogP contribution in [0.5, 0.6) is 5.75 Å². The smallest absolute Gasteiger partial charge is 0.352 e. The first-order valence-corrected chi connectivity index (χ1v) is 18.6. The van der Waals surface area contributed by atoms with Gasteiger partial charge in [0.25, 0.3) is 5.89 Å². The molecule has 0 unspecified atom stereocenters. The standard InChI is InChI=1S/C39H35ClFN7O5S/c1-21-33-31-9-8-29(40)35(33)34-22(2)45(3)44-30(34)19-47(38(49)37-42-10-13-53-37)18-25-16-26(46(4)43-25)20-54-27-15-23-14-24(41)6-7-28(23)32(17-27)52-12-5-11-48(31)36(21)39(50)51/h6-10,13-17H,5,11-12,18-20H2,1-4H3,(H,50,51). The third-order valence-corrected chi connectivity index (χ3v) is 11.3. The largest absolute Gasteiger partial charge is 0.493 e. The summed E-state index contributed by atoms with van der Waals surface area (Å²) in [5, 5.41) is 22.7. The Morgan fingerprint density at radius 3 is 2.61 bits per heavy atom. The number of hydrogen-bond acceptors (Lipinski definition) is 8. The monoisotopic (exact) mass is 767 g/mol. The van der Waals surface area contributed by atoms with Gasteiger partial charge in [-0.05, 0) is 79.7 Å². The van der Waals surface area contributed by atoms with Crippen LogP contribution in [0.15, 0.2) is 70.3 Å². The zero-order valence-corrected chi connectivity index (χ0v) is 31.5. The first kappa shape index (κ1) is 35.4.